The van der Waals surface area contributed by atoms with Gasteiger partial charge in [-0.15, -0.1) is 0 Å². The number of cyclic esters (lactones) is 1. The number of nitrogens with one attached hydrogen (secondary N) is 1. The van der Waals surface area contributed by atoms with Gasteiger partial charge in [0, 0.05) is 16.7 Å². The zero-order valence-electron chi connectivity index (χ0n) is 15.7. The SMILES string of the molecule is CC[C@]1(O)C(=O)OCc2c1cc1n(c2=O)C/C(=C2\C(=O)Nc3c(Cl)cccc32)C1=O. The number of aromatic nitrogens is 1. The Bertz CT molecular complexity index is 1290. The van der Waals surface area contributed by atoms with E-state index < -0.39 is 28.8 Å². The third-order valence-electron chi connectivity index (χ3n) is 5.92. The Kier molecular flexibility index (Phi) is 3.84. The van der Waals surface area contributed by atoms with Crippen LogP contribution in [0.1, 0.15) is 40.5 Å². The fourth-order valence-electron chi connectivity index (χ4n) is 4.28. The van der Waals surface area contributed by atoms with Crippen molar-refractivity contribution < 1.29 is 24.2 Å². The molecule has 0 radical (unpaired) electrons. The minimum atomic E-state index is -2.00. The number of rotatable bonds is 1. The first-order valence-corrected chi connectivity index (χ1v) is 9.70. The van der Waals surface area contributed by atoms with E-state index in [4.69, 9.17) is 16.3 Å². The first-order valence-electron chi connectivity index (χ1n) is 9.32. The first kappa shape index (κ1) is 18.8. The van der Waals surface area contributed by atoms with E-state index in [1.807, 2.05) is 0 Å². The fraction of sp³-hybridized carbons (Fsp3) is 0.238. The first-order chi connectivity index (χ1) is 14.3. The number of pyridine rings is 1. The highest BCUT2D eigenvalue weighted by atomic mass is 35.5. The lowest BCUT2D eigenvalue weighted by atomic mass is 9.86. The van der Waals surface area contributed by atoms with E-state index in [-0.39, 0.29) is 47.5 Å². The molecule has 1 aromatic heterocycles. The smallest absolute Gasteiger partial charge is 0.343 e. The van der Waals surface area contributed by atoms with Crippen molar-refractivity contribution in [2.45, 2.75) is 32.1 Å². The third kappa shape index (κ3) is 2.26. The normalized spacial score (nSPS) is 24.3. The molecule has 9 heteroatoms. The number of amides is 1. The second kappa shape index (κ2) is 6.13. The molecule has 1 amide bonds. The van der Waals surface area contributed by atoms with E-state index in [0.29, 0.717) is 16.3 Å². The van der Waals surface area contributed by atoms with Crippen molar-refractivity contribution in [2.75, 3.05) is 5.32 Å². The van der Waals surface area contributed by atoms with Gasteiger partial charge in [0.1, 0.15) is 6.61 Å². The highest BCUT2D eigenvalue weighted by molar-refractivity contribution is 6.41. The third-order valence-corrected chi connectivity index (χ3v) is 6.23. The number of nitrogens with zero attached hydrogens (tertiary/aromatic N) is 1. The molecule has 2 N–H and O–H groups in total. The molecular weight excluding hydrogens is 412 g/mol. The maximum absolute atomic E-state index is 13.2. The largest absolute Gasteiger partial charge is 0.458 e. The number of benzene rings is 1. The lowest BCUT2D eigenvalue weighted by Crippen LogP contribution is -2.44. The number of hydrogen-bond acceptors (Lipinski definition) is 6. The highest BCUT2D eigenvalue weighted by Gasteiger charge is 2.46. The van der Waals surface area contributed by atoms with Crippen molar-refractivity contribution in [3.63, 3.8) is 0 Å². The van der Waals surface area contributed by atoms with E-state index in [1.54, 1.807) is 25.1 Å². The monoisotopic (exact) mass is 426 g/mol. The Morgan fingerprint density at radius 3 is 2.77 bits per heavy atom. The number of fused-ring (bicyclic) bond motifs is 3. The number of halogens is 1. The average molecular weight is 427 g/mol. The van der Waals surface area contributed by atoms with Crippen LogP contribution < -0.4 is 10.9 Å². The molecule has 2 aromatic rings. The van der Waals surface area contributed by atoms with Gasteiger partial charge >= 0.3 is 5.97 Å². The topological polar surface area (TPSA) is 115 Å². The van der Waals surface area contributed by atoms with Gasteiger partial charge in [-0.2, -0.15) is 0 Å². The number of para-hydroxylation sites is 1. The number of carbonyl (C=O) groups is 3. The van der Waals surface area contributed by atoms with Crippen LogP contribution in [-0.4, -0.2) is 27.3 Å². The number of allylic oxidation sites excluding steroid dienone is 1. The molecule has 0 spiro atoms. The molecule has 3 aliphatic heterocycles. The fourth-order valence-corrected chi connectivity index (χ4v) is 4.50. The number of carbonyl (C=O) groups excluding carboxylic acids is 3. The number of hydrogen-bond donors (Lipinski definition) is 2. The molecule has 1 aromatic carbocycles. The van der Waals surface area contributed by atoms with Crippen molar-refractivity contribution in [3.05, 3.63) is 67.6 Å². The predicted octanol–water partition coefficient (Wildman–Crippen LogP) is 1.76. The second-order valence-corrected chi connectivity index (χ2v) is 7.81. The Morgan fingerprint density at radius 2 is 2.03 bits per heavy atom. The van der Waals surface area contributed by atoms with E-state index in [2.05, 4.69) is 5.32 Å². The summed E-state index contributed by atoms with van der Waals surface area (Å²) < 4.78 is 6.25. The molecular formula is C21H15ClN2O6. The Hall–Kier alpha value is -3.23. The van der Waals surface area contributed by atoms with Crippen molar-refractivity contribution in [3.8, 4) is 0 Å². The van der Waals surface area contributed by atoms with Crippen LogP contribution in [0.15, 0.2) is 34.6 Å². The molecule has 152 valence electrons. The summed E-state index contributed by atoms with van der Waals surface area (Å²) in [5.74, 6) is -1.84. The summed E-state index contributed by atoms with van der Waals surface area (Å²) in [5, 5.41) is 13.8. The molecule has 0 saturated carbocycles. The van der Waals surface area contributed by atoms with Gasteiger partial charge in [0.2, 0.25) is 5.78 Å². The summed E-state index contributed by atoms with van der Waals surface area (Å²) in [6, 6.07) is 6.33. The minimum absolute atomic E-state index is 0.0157. The van der Waals surface area contributed by atoms with Crippen molar-refractivity contribution in [1.82, 2.24) is 4.57 Å². The van der Waals surface area contributed by atoms with E-state index in [0.717, 1.165) is 0 Å². The standard InChI is InChI=1S/C21H15ClN2O6/c1-2-21(29)12-6-14-17(25)10(7-24(14)19(27)11(12)8-30-20(21)28)15-9-4-3-5-13(22)16(9)23-18(15)26/h3-6,29H,2,7-8H2,1H3,(H,23,26)/b15-10+/t21-/m1/s1. The summed E-state index contributed by atoms with van der Waals surface area (Å²) in [7, 11) is 0. The van der Waals surface area contributed by atoms with Crippen LogP contribution in [0.25, 0.3) is 5.57 Å². The minimum Gasteiger partial charge on any atom is -0.458 e. The quantitative estimate of drug-likeness (QED) is 0.530. The number of ketones is 1. The van der Waals surface area contributed by atoms with Gasteiger partial charge in [0.05, 0.1) is 34.1 Å². The van der Waals surface area contributed by atoms with E-state index in [9.17, 15) is 24.3 Å². The summed E-state index contributed by atoms with van der Waals surface area (Å²) in [5.41, 5.74) is -1.08. The summed E-state index contributed by atoms with van der Waals surface area (Å²) in [6.45, 7) is 1.20. The summed E-state index contributed by atoms with van der Waals surface area (Å²) in [6.07, 6.45) is -0.0157. The van der Waals surface area contributed by atoms with Crippen molar-refractivity contribution >= 4 is 40.5 Å². The zero-order valence-corrected chi connectivity index (χ0v) is 16.5. The maximum Gasteiger partial charge on any atom is 0.343 e. The molecule has 1 atom stereocenters. The molecule has 3 aliphatic rings. The van der Waals surface area contributed by atoms with Gasteiger partial charge < -0.3 is 19.7 Å². The van der Waals surface area contributed by atoms with Gasteiger partial charge in [-0.1, -0.05) is 30.7 Å². The number of ether oxygens (including phenoxy) is 1. The Morgan fingerprint density at radius 1 is 1.27 bits per heavy atom. The van der Waals surface area contributed by atoms with Crippen molar-refractivity contribution in [1.29, 1.82) is 0 Å². The summed E-state index contributed by atoms with van der Waals surface area (Å²) in [4.78, 5) is 51.1. The summed E-state index contributed by atoms with van der Waals surface area (Å²) >= 11 is 6.15. The van der Waals surface area contributed by atoms with Crippen LogP contribution in [0.4, 0.5) is 5.69 Å². The Labute approximate surface area is 174 Å². The van der Waals surface area contributed by atoms with Crippen LogP contribution >= 0.6 is 11.6 Å². The molecule has 0 bridgehead atoms. The molecule has 0 fully saturated rings. The predicted molar refractivity (Wildman–Crippen MR) is 106 cm³/mol. The zero-order chi connectivity index (χ0) is 21.4. The van der Waals surface area contributed by atoms with Crippen LogP contribution in [0.5, 0.6) is 0 Å². The molecule has 30 heavy (non-hydrogen) atoms. The lowest BCUT2D eigenvalue weighted by molar-refractivity contribution is -0.172. The van der Waals surface area contributed by atoms with Crippen LogP contribution in [-0.2, 0) is 33.1 Å². The number of aliphatic hydroxyl groups is 1. The number of esters is 1. The molecule has 8 nitrogen and oxygen atoms in total. The molecule has 4 heterocycles. The van der Waals surface area contributed by atoms with Crippen LogP contribution in [0.2, 0.25) is 5.02 Å². The van der Waals surface area contributed by atoms with E-state index >= 15 is 0 Å². The van der Waals surface area contributed by atoms with Crippen LogP contribution in [0.3, 0.4) is 0 Å². The van der Waals surface area contributed by atoms with Gasteiger partial charge in [-0.25, -0.2) is 4.79 Å². The van der Waals surface area contributed by atoms with Crippen molar-refractivity contribution in [2.24, 2.45) is 0 Å². The Balaban J connectivity index is 1.73. The maximum atomic E-state index is 13.2. The van der Waals surface area contributed by atoms with Gasteiger partial charge in [0.25, 0.3) is 11.5 Å². The van der Waals surface area contributed by atoms with E-state index in [1.165, 1.54) is 10.6 Å². The molecule has 0 aliphatic carbocycles. The van der Waals surface area contributed by atoms with Gasteiger partial charge in [0.15, 0.2) is 5.60 Å². The number of Topliss-reactive ketones (excluding diaryl/α,β-unsaturated/α-hetero) is 1. The molecule has 5 rings (SSSR count). The number of anilines is 1. The van der Waals surface area contributed by atoms with Crippen LogP contribution in [0, 0.1) is 0 Å². The lowest BCUT2D eigenvalue weighted by Gasteiger charge is -2.31. The molecule has 0 saturated heterocycles. The average Bonchev–Trinajstić information content (AvgIpc) is 3.23. The highest BCUT2D eigenvalue weighted by Crippen LogP contribution is 2.41. The second-order valence-electron chi connectivity index (χ2n) is 7.40. The van der Waals surface area contributed by atoms with Gasteiger partial charge in [-0.05, 0) is 18.6 Å². The molecule has 0 unspecified atom stereocenters. The van der Waals surface area contributed by atoms with Gasteiger partial charge in [-0.3, -0.25) is 14.4 Å².